The summed E-state index contributed by atoms with van der Waals surface area (Å²) in [4.78, 5) is 26.4. The Morgan fingerprint density at radius 2 is 1.96 bits per heavy atom. The van der Waals surface area contributed by atoms with E-state index < -0.39 is 6.04 Å². The first-order valence-electron chi connectivity index (χ1n) is 8.47. The SMILES string of the molecule is CNC(=O)[C@H](C)N(Cc1ccccc1Cl)C(=O)COc1ccc(Br)c(C)c1. The summed E-state index contributed by atoms with van der Waals surface area (Å²) in [5.74, 6) is 0.0378. The maximum atomic E-state index is 12.8. The van der Waals surface area contributed by atoms with Gasteiger partial charge in [-0.05, 0) is 49.2 Å². The van der Waals surface area contributed by atoms with Gasteiger partial charge in [0.25, 0.3) is 5.91 Å². The fraction of sp³-hybridized carbons (Fsp3) is 0.300. The third kappa shape index (κ3) is 5.71. The predicted molar refractivity (Wildman–Crippen MR) is 110 cm³/mol. The Morgan fingerprint density at radius 3 is 2.59 bits per heavy atom. The number of hydrogen-bond acceptors (Lipinski definition) is 3. The first kappa shape index (κ1) is 21.3. The van der Waals surface area contributed by atoms with E-state index in [1.807, 2.05) is 37.3 Å². The van der Waals surface area contributed by atoms with Crippen LogP contribution in [0.4, 0.5) is 0 Å². The highest BCUT2D eigenvalue weighted by molar-refractivity contribution is 9.10. The van der Waals surface area contributed by atoms with Crippen molar-refractivity contribution in [2.45, 2.75) is 26.4 Å². The molecular formula is C20H22BrClN2O3. The molecule has 1 atom stereocenters. The predicted octanol–water partition coefficient (Wildman–Crippen LogP) is 3.95. The topological polar surface area (TPSA) is 58.6 Å². The molecule has 0 saturated carbocycles. The highest BCUT2D eigenvalue weighted by Gasteiger charge is 2.26. The van der Waals surface area contributed by atoms with Crippen LogP contribution in [0.2, 0.25) is 5.02 Å². The quantitative estimate of drug-likeness (QED) is 0.690. The summed E-state index contributed by atoms with van der Waals surface area (Å²) in [7, 11) is 1.54. The highest BCUT2D eigenvalue weighted by atomic mass is 79.9. The molecule has 2 rings (SSSR count). The molecule has 27 heavy (non-hydrogen) atoms. The molecule has 2 amide bonds. The van der Waals surface area contributed by atoms with Gasteiger partial charge in [-0.15, -0.1) is 0 Å². The highest BCUT2D eigenvalue weighted by Crippen LogP contribution is 2.22. The summed E-state index contributed by atoms with van der Waals surface area (Å²) in [6, 6.07) is 12.1. The second-order valence-corrected chi connectivity index (χ2v) is 7.36. The molecule has 0 saturated heterocycles. The van der Waals surface area contributed by atoms with Gasteiger partial charge in [0.2, 0.25) is 5.91 Å². The second kappa shape index (κ2) is 9.76. The number of amides is 2. The van der Waals surface area contributed by atoms with E-state index in [0.29, 0.717) is 10.8 Å². The smallest absolute Gasteiger partial charge is 0.261 e. The number of nitrogens with zero attached hydrogens (tertiary/aromatic N) is 1. The van der Waals surface area contributed by atoms with Crippen LogP contribution in [0.1, 0.15) is 18.1 Å². The number of halogens is 2. The van der Waals surface area contributed by atoms with Gasteiger partial charge >= 0.3 is 0 Å². The number of likely N-dealkylation sites (N-methyl/N-ethyl adjacent to an activating group) is 1. The Bertz CT molecular complexity index is 829. The van der Waals surface area contributed by atoms with Gasteiger partial charge in [0.05, 0.1) is 0 Å². The van der Waals surface area contributed by atoms with Crippen LogP contribution in [-0.2, 0) is 16.1 Å². The molecule has 0 unspecified atom stereocenters. The average molecular weight is 454 g/mol. The fourth-order valence-electron chi connectivity index (χ4n) is 2.54. The monoisotopic (exact) mass is 452 g/mol. The summed E-state index contributed by atoms with van der Waals surface area (Å²) in [6.07, 6.45) is 0. The minimum atomic E-state index is -0.658. The molecule has 0 spiro atoms. The lowest BCUT2D eigenvalue weighted by atomic mass is 10.1. The molecule has 0 bridgehead atoms. The first-order valence-corrected chi connectivity index (χ1v) is 9.64. The number of hydrogen-bond donors (Lipinski definition) is 1. The molecule has 0 aliphatic carbocycles. The first-order chi connectivity index (χ1) is 12.8. The summed E-state index contributed by atoms with van der Waals surface area (Å²) in [6.45, 7) is 3.66. The molecule has 0 aliphatic heterocycles. The number of aryl methyl sites for hydroxylation is 1. The van der Waals surface area contributed by atoms with E-state index in [-0.39, 0.29) is 25.0 Å². The van der Waals surface area contributed by atoms with Crippen molar-refractivity contribution in [3.05, 3.63) is 63.1 Å². The van der Waals surface area contributed by atoms with E-state index in [9.17, 15) is 9.59 Å². The van der Waals surface area contributed by atoms with Gasteiger partial charge in [-0.25, -0.2) is 0 Å². The Morgan fingerprint density at radius 1 is 1.26 bits per heavy atom. The zero-order valence-electron chi connectivity index (χ0n) is 15.5. The van der Waals surface area contributed by atoms with Crippen molar-refractivity contribution in [3.63, 3.8) is 0 Å². The van der Waals surface area contributed by atoms with E-state index in [4.69, 9.17) is 16.3 Å². The largest absolute Gasteiger partial charge is 0.484 e. The van der Waals surface area contributed by atoms with Crippen molar-refractivity contribution in [2.24, 2.45) is 0 Å². The van der Waals surface area contributed by atoms with Crippen LogP contribution < -0.4 is 10.1 Å². The van der Waals surface area contributed by atoms with Crippen molar-refractivity contribution < 1.29 is 14.3 Å². The molecular weight excluding hydrogens is 432 g/mol. The number of benzene rings is 2. The van der Waals surface area contributed by atoms with Crippen LogP contribution in [0.25, 0.3) is 0 Å². The van der Waals surface area contributed by atoms with Crippen molar-refractivity contribution in [1.29, 1.82) is 0 Å². The number of carbonyl (C=O) groups excluding carboxylic acids is 2. The lowest BCUT2D eigenvalue weighted by molar-refractivity contribution is -0.142. The lowest BCUT2D eigenvalue weighted by Gasteiger charge is -2.28. The van der Waals surface area contributed by atoms with E-state index in [1.54, 1.807) is 19.1 Å². The number of ether oxygens (including phenoxy) is 1. The molecule has 7 heteroatoms. The Balaban J connectivity index is 2.16. The third-order valence-electron chi connectivity index (χ3n) is 4.20. The lowest BCUT2D eigenvalue weighted by Crippen LogP contribution is -2.48. The van der Waals surface area contributed by atoms with E-state index in [0.717, 1.165) is 15.6 Å². The normalized spacial score (nSPS) is 11.6. The van der Waals surface area contributed by atoms with Crippen LogP contribution in [0.5, 0.6) is 5.75 Å². The van der Waals surface area contributed by atoms with Crippen LogP contribution in [0, 0.1) is 6.92 Å². The molecule has 1 N–H and O–H groups in total. The van der Waals surface area contributed by atoms with Gasteiger partial charge in [0.1, 0.15) is 11.8 Å². The van der Waals surface area contributed by atoms with Crippen LogP contribution >= 0.6 is 27.5 Å². The summed E-state index contributed by atoms with van der Waals surface area (Å²) >= 11 is 9.65. The Kier molecular flexibility index (Phi) is 7.68. The van der Waals surface area contributed by atoms with Gasteiger partial charge in [-0.1, -0.05) is 45.7 Å². The van der Waals surface area contributed by atoms with Crippen LogP contribution in [-0.4, -0.2) is 36.4 Å². The molecule has 0 fully saturated rings. The minimum Gasteiger partial charge on any atom is -0.484 e. The molecule has 0 radical (unpaired) electrons. The van der Waals surface area contributed by atoms with Crippen LogP contribution in [0.15, 0.2) is 46.9 Å². The third-order valence-corrected chi connectivity index (χ3v) is 5.46. The zero-order chi connectivity index (χ0) is 20.0. The average Bonchev–Trinajstić information content (AvgIpc) is 2.66. The van der Waals surface area contributed by atoms with Crippen molar-refractivity contribution >= 4 is 39.3 Å². The number of carbonyl (C=O) groups is 2. The van der Waals surface area contributed by atoms with Gasteiger partial charge in [-0.3, -0.25) is 9.59 Å². The standard InChI is InChI=1S/C20H22BrClN2O3/c1-13-10-16(8-9-17(13)21)27-12-19(25)24(14(2)20(26)23-3)11-15-6-4-5-7-18(15)22/h4-10,14H,11-12H2,1-3H3,(H,23,26)/t14-/m0/s1. The molecule has 2 aromatic rings. The number of nitrogens with one attached hydrogen (secondary N) is 1. The Labute approximate surface area is 172 Å². The van der Waals surface area contributed by atoms with E-state index in [1.165, 1.54) is 11.9 Å². The van der Waals surface area contributed by atoms with Crippen LogP contribution in [0.3, 0.4) is 0 Å². The molecule has 0 aromatic heterocycles. The molecule has 5 nitrogen and oxygen atoms in total. The maximum Gasteiger partial charge on any atom is 0.261 e. The van der Waals surface area contributed by atoms with Gasteiger partial charge in [0, 0.05) is 23.1 Å². The van der Waals surface area contributed by atoms with Crippen molar-refractivity contribution in [3.8, 4) is 5.75 Å². The summed E-state index contributed by atoms with van der Waals surface area (Å²) in [5.41, 5.74) is 1.77. The maximum absolute atomic E-state index is 12.8. The second-order valence-electron chi connectivity index (χ2n) is 6.10. The Hall–Kier alpha value is -2.05. The van der Waals surface area contributed by atoms with E-state index >= 15 is 0 Å². The summed E-state index contributed by atoms with van der Waals surface area (Å²) < 4.78 is 6.61. The van der Waals surface area contributed by atoms with Crippen molar-refractivity contribution in [1.82, 2.24) is 10.2 Å². The van der Waals surface area contributed by atoms with Gasteiger partial charge in [-0.2, -0.15) is 0 Å². The number of rotatable bonds is 7. The fourth-order valence-corrected chi connectivity index (χ4v) is 2.98. The molecule has 2 aromatic carbocycles. The van der Waals surface area contributed by atoms with Crippen molar-refractivity contribution in [2.75, 3.05) is 13.7 Å². The minimum absolute atomic E-state index is 0.174. The van der Waals surface area contributed by atoms with E-state index in [2.05, 4.69) is 21.2 Å². The van der Waals surface area contributed by atoms with Gasteiger partial charge < -0.3 is 15.0 Å². The zero-order valence-corrected chi connectivity index (χ0v) is 17.8. The summed E-state index contributed by atoms with van der Waals surface area (Å²) in [5, 5.41) is 3.12. The van der Waals surface area contributed by atoms with Gasteiger partial charge in [0.15, 0.2) is 6.61 Å². The molecule has 144 valence electrons. The molecule has 0 aliphatic rings. The molecule has 0 heterocycles.